The van der Waals surface area contributed by atoms with Crippen molar-refractivity contribution in [3.05, 3.63) is 47.7 Å². The third-order valence-corrected chi connectivity index (χ3v) is 3.44. The van der Waals surface area contributed by atoms with Crippen LogP contribution in [-0.4, -0.2) is 11.0 Å². The van der Waals surface area contributed by atoms with Crippen LogP contribution in [-0.2, 0) is 6.42 Å². The van der Waals surface area contributed by atoms with Crippen molar-refractivity contribution >= 4 is 17.2 Å². The number of pyridine rings is 1. The maximum absolute atomic E-state index is 9.27. The molecule has 1 aromatic carbocycles. The van der Waals surface area contributed by atoms with E-state index in [0.717, 1.165) is 12.1 Å². The van der Waals surface area contributed by atoms with Gasteiger partial charge < -0.3 is 10.6 Å². The van der Waals surface area contributed by atoms with E-state index < -0.39 is 0 Å². The molecule has 2 N–H and O–H groups in total. The first-order chi connectivity index (χ1) is 9.20. The number of nitrogen functional groups attached to an aromatic ring is 1. The average molecular weight is 250 g/mol. The molecule has 4 nitrogen and oxygen atoms in total. The third-order valence-electron chi connectivity index (χ3n) is 3.44. The average Bonchev–Trinajstić information content (AvgIpc) is 2.74. The SMILES string of the molecule is CC1Cc2ccccc2N1c1ncc(N)cc1C#N. The van der Waals surface area contributed by atoms with Crippen LogP contribution in [0.25, 0.3) is 0 Å². The van der Waals surface area contributed by atoms with Gasteiger partial charge in [0, 0.05) is 11.7 Å². The molecule has 4 heteroatoms. The van der Waals surface area contributed by atoms with Gasteiger partial charge in [-0.25, -0.2) is 4.98 Å². The minimum Gasteiger partial charge on any atom is -0.397 e. The molecule has 0 bridgehead atoms. The number of rotatable bonds is 1. The van der Waals surface area contributed by atoms with Crippen LogP contribution in [0.4, 0.5) is 17.2 Å². The van der Waals surface area contributed by atoms with E-state index in [2.05, 4.69) is 35.0 Å². The fourth-order valence-electron chi connectivity index (χ4n) is 2.64. The van der Waals surface area contributed by atoms with Crippen LogP contribution < -0.4 is 10.6 Å². The zero-order chi connectivity index (χ0) is 13.4. The molecule has 1 unspecified atom stereocenters. The van der Waals surface area contributed by atoms with E-state index in [1.165, 1.54) is 5.56 Å². The predicted molar refractivity (Wildman–Crippen MR) is 75.1 cm³/mol. The highest BCUT2D eigenvalue weighted by molar-refractivity contribution is 5.73. The molecule has 1 aromatic heterocycles. The fraction of sp³-hybridized carbons (Fsp3) is 0.200. The molecule has 0 saturated carbocycles. The zero-order valence-corrected chi connectivity index (χ0v) is 10.7. The van der Waals surface area contributed by atoms with Gasteiger partial charge in [0.2, 0.25) is 0 Å². The van der Waals surface area contributed by atoms with Crippen molar-refractivity contribution in [2.24, 2.45) is 0 Å². The summed E-state index contributed by atoms with van der Waals surface area (Å²) in [6.07, 6.45) is 2.57. The normalized spacial score (nSPS) is 17.1. The molecule has 0 aliphatic carbocycles. The van der Waals surface area contributed by atoms with Gasteiger partial charge >= 0.3 is 0 Å². The zero-order valence-electron chi connectivity index (χ0n) is 10.7. The molecule has 2 heterocycles. The van der Waals surface area contributed by atoms with Crippen molar-refractivity contribution in [1.29, 1.82) is 5.26 Å². The second-order valence-corrected chi connectivity index (χ2v) is 4.80. The maximum Gasteiger partial charge on any atom is 0.151 e. The molecule has 94 valence electrons. The summed E-state index contributed by atoms with van der Waals surface area (Å²) in [6, 6.07) is 12.4. The van der Waals surface area contributed by atoms with E-state index >= 15 is 0 Å². The van der Waals surface area contributed by atoms with Crippen molar-refractivity contribution in [2.45, 2.75) is 19.4 Å². The number of nitrogens with zero attached hydrogens (tertiary/aromatic N) is 3. The van der Waals surface area contributed by atoms with Crippen molar-refractivity contribution in [3.63, 3.8) is 0 Å². The Morgan fingerprint density at radius 3 is 3.00 bits per heavy atom. The molecule has 0 spiro atoms. The molecule has 3 rings (SSSR count). The smallest absolute Gasteiger partial charge is 0.151 e. The summed E-state index contributed by atoms with van der Waals surface area (Å²) in [5.74, 6) is 0.689. The molecule has 1 aliphatic rings. The van der Waals surface area contributed by atoms with Crippen LogP contribution >= 0.6 is 0 Å². The second-order valence-electron chi connectivity index (χ2n) is 4.80. The molecule has 0 fully saturated rings. The molecular weight excluding hydrogens is 236 g/mol. The molecule has 0 amide bonds. The lowest BCUT2D eigenvalue weighted by molar-refractivity contribution is 0.750. The standard InChI is InChI=1S/C15H14N4/c1-10-6-11-4-2-3-5-14(11)19(10)15-12(8-16)7-13(17)9-18-15/h2-5,7,9-10H,6,17H2,1H3. The van der Waals surface area contributed by atoms with Gasteiger partial charge in [0.05, 0.1) is 17.4 Å². The van der Waals surface area contributed by atoms with Crippen molar-refractivity contribution in [3.8, 4) is 6.07 Å². The highest BCUT2D eigenvalue weighted by atomic mass is 15.2. The number of para-hydroxylation sites is 1. The topological polar surface area (TPSA) is 65.9 Å². The maximum atomic E-state index is 9.27. The monoisotopic (exact) mass is 250 g/mol. The minimum atomic E-state index is 0.292. The first-order valence-corrected chi connectivity index (χ1v) is 6.23. The number of anilines is 3. The summed E-state index contributed by atoms with van der Waals surface area (Å²) in [7, 11) is 0. The van der Waals surface area contributed by atoms with Gasteiger partial charge in [-0.05, 0) is 31.0 Å². The van der Waals surface area contributed by atoms with Gasteiger partial charge in [0.25, 0.3) is 0 Å². The molecule has 0 saturated heterocycles. The van der Waals surface area contributed by atoms with Gasteiger partial charge in [-0.1, -0.05) is 18.2 Å². The van der Waals surface area contributed by atoms with E-state index in [4.69, 9.17) is 5.73 Å². The molecule has 2 aromatic rings. The largest absolute Gasteiger partial charge is 0.397 e. The van der Waals surface area contributed by atoms with Gasteiger partial charge in [0.15, 0.2) is 5.82 Å². The summed E-state index contributed by atoms with van der Waals surface area (Å²) in [4.78, 5) is 6.48. The van der Waals surface area contributed by atoms with Gasteiger partial charge in [-0.15, -0.1) is 0 Å². The summed E-state index contributed by atoms with van der Waals surface area (Å²) in [6.45, 7) is 2.14. The molecule has 1 atom stereocenters. The number of hydrogen-bond acceptors (Lipinski definition) is 4. The predicted octanol–water partition coefficient (Wildman–Crippen LogP) is 2.62. The summed E-state index contributed by atoms with van der Waals surface area (Å²) in [5, 5.41) is 9.27. The molecular formula is C15H14N4. The number of aromatic nitrogens is 1. The quantitative estimate of drug-likeness (QED) is 0.844. The summed E-state index contributed by atoms with van der Waals surface area (Å²) >= 11 is 0. The van der Waals surface area contributed by atoms with Crippen LogP contribution in [0.3, 0.4) is 0 Å². The van der Waals surface area contributed by atoms with Crippen molar-refractivity contribution < 1.29 is 0 Å². The Hall–Kier alpha value is -2.54. The van der Waals surface area contributed by atoms with E-state index in [1.807, 2.05) is 12.1 Å². The Balaban J connectivity index is 2.15. The van der Waals surface area contributed by atoms with Crippen LogP contribution in [0.15, 0.2) is 36.5 Å². The Labute approximate surface area is 112 Å². The Kier molecular flexibility index (Phi) is 2.60. The van der Waals surface area contributed by atoms with Gasteiger partial charge in [0.1, 0.15) is 6.07 Å². The van der Waals surface area contributed by atoms with Crippen LogP contribution in [0, 0.1) is 11.3 Å². The van der Waals surface area contributed by atoms with Gasteiger partial charge in [-0.2, -0.15) is 5.26 Å². The first-order valence-electron chi connectivity index (χ1n) is 6.23. The second kappa shape index (κ2) is 4.29. The number of nitriles is 1. The van der Waals surface area contributed by atoms with Crippen LogP contribution in [0.5, 0.6) is 0 Å². The first kappa shape index (κ1) is 11.5. The molecule has 1 aliphatic heterocycles. The Morgan fingerprint density at radius 2 is 2.21 bits per heavy atom. The lowest BCUT2D eigenvalue weighted by Gasteiger charge is -2.24. The van der Waals surface area contributed by atoms with E-state index in [0.29, 0.717) is 23.1 Å². The fourth-order valence-corrected chi connectivity index (χ4v) is 2.64. The van der Waals surface area contributed by atoms with Crippen LogP contribution in [0.2, 0.25) is 0 Å². The highest BCUT2D eigenvalue weighted by Gasteiger charge is 2.29. The van der Waals surface area contributed by atoms with E-state index in [-0.39, 0.29) is 0 Å². The lowest BCUT2D eigenvalue weighted by atomic mass is 10.1. The summed E-state index contributed by atoms with van der Waals surface area (Å²) in [5.41, 5.74) is 9.15. The Morgan fingerprint density at radius 1 is 1.42 bits per heavy atom. The number of fused-ring (bicyclic) bond motifs is 1. The lowest BCUT2D eigenvalue weighted by Crippen LogP contribution is -2.25. The third kappa shape index (κ3) is 1.80. The van der Waals surface area contributed by atoms with E-state index in [9.17, 15) is 5.26 Å². The molecule has 19 heavy (non-hydrogen) atoms. The van der Waals surface area contributed by atoms with Gasteiger partial charge in [-0.3, -0.25) is 0 Å². The number of benzene rings is 1. The Bertz CT molecular complexity index is 672. The summed E-state index contributed by atoms with van der Waals surface area (Å²) < 4.78 is 0. The minimum absolute atomic E-state index is 0.292. The van der Waals surface area contributed by atoms with E-state index in [1.54, 1.807) is 12.3 Å². The van der Waals surface area contributed by atoms with Crippen molar-refractivity contribution in [1.82, 2.24) is 4.98 Å². The van der Waals surface area contributed by atoms with Crippen molar-refractivity contribution in [2.75, 3.05) is 10.6 Å². The number of hydrogen-bond donors (Lipinski definition) is 1. The van der Waals surface area contributed by atoms with Crippen LogP contribution in [0.1, 0.15) is 18.1 Å². The molecule has 0 radical (unpaired) electrons. The number of nitrogens with two attached hydrogens (primary N) is 1. The highest BCUT2D eigenvalue weighted by Crippen LogP contribution is 2.38.